The van der Waals surface area contributed by atoms with E-state index in [1.54, 1.807) is 42.5 Å². The van der Waals surface area contributed by atoms with Gasteiger partial charge in [-0.15, -0.1) is 0 Å². The van der Waals surface area contributed by atoms with Crippen LogP contribution < -0.4 is 10.1 Å². The Bertz CT molecular complexity index is 708. The van der Waals surface area contributed by atoms with E-state index in [-0.39, 0.29) is 12.5 Å². The van der Waals surface area contributed by atoms with Crippen LogP contribution in [0, 0.1) is 18.3 Å². The van der Waals surface area contributed by atoms with Crippen molar-refractivity contribution >= 4 is 23.2 Å². The SMILES string of the molecule is Cc1cc(C(=O)Nc2ccccc2OCC#N)ccc1Cl. The number of rotatable bonds is 4. The molecular formula is C16H13ClN2O2. The Labute approximate surface area is 127 Å². The molecule has 0 fully saturated rings. The molecule has 0 atom stereocenters. The summed E-state index contributed by atoms with van der Waals surface area (Å²) in [5.74, 6) is 0.195. The average molecular weight is 301 g/mol. The standard InChI is InChI=1S/C16H13ClN2O2/c1-11-10-12(6-7-13(11)17)16(20)19-14-4-2-3-5-15(14)21-9-8-18/h2-7,10H,9H2,1H3,(H,19,20). The zero-order valence-electron chi connectivity index (χ0n) is 11.4. The summed E-state index contributed by atoms with van der Waals surface area (Å²) in [7, 11) is 0. The van der Waals surface area contributed by atoms with E-state index in [0.29, 0.717) is 22.0 Å². The fourth-order valence-electron chi connectivity index (χ4n) is 1.79. The molecule has 2 rings (SSSR count). The number of carbonyl (C=O) groups excluding carboxylic acids is 1. The van der Waals surface area contributed by atoms with Gasteiger partial charge in [0.2, 0.25) is 0 Å². The Hall–Kier alpha value is -2.51. The maximum absolute atomic E-state index is 12.2. The first-order valence-electron chi connectivity index (χ1n) is 6.28. The second-order valence-electron chi connectivity index (χ2n) is 4.36. The molecule has 4 nitrogen and oxygen atoms in total. The molecule has 21 heavy (non-hydrogen) atoms. The first-order chi connectivity index (χ1) is 10.1. The number of benzene rings is 2. The Balaban J connectivity index is 2.19. The van der Waals surface area contributed by atoms with Crippen molar-refractivity contribution in [2.45, 2.75) is 6.92 Å². The Morgan fingerprint density at radius 1 is 1.33 bits per heavy atom. The normalized spacial score (nSPS) is 9.76. The highest BCUT2D eigenvalue weighted by Crippen LogP contribution is 2.25. The van der Waals surface area contributed by atoms with Gasteiger partial charge >= 0.3 is 0 Å². The fraction of sp³-hybridized carbons (Fsp3) is 0.125. The van der Waals surface area contributed by atoms with Crippen molar-refractivity contribution in [3.8, 4) is 11.8 Å². The summed E-state index contributed by atoms with van der Waals surface area (Å²) in [6.07, 6.45) is 0. The number of carbonyl (C=O) groups is 1. The van der Waals surface area contributed by atoms with Crippen molar-refractivity contribution in [1.29, 1.82) is 5.26 Å². The molecule has 0 bridgehead atoms. The van der Waals surface area contributed by atoms with Crippen LogP contribution in [0.3, 0.4) is 0 Å². The maximum atomic E-state index is 12.2. The monoisotopic (exact) mass is 300 g/mol. The van der Waals surface area contributed by atoms with Crippen LogP contribution in [-0.4, -0.2) is 12.5 Å². The largest absolute Gasteiger partial charge is 0.477 e. The van der Waals surface area contributed by atoms with E-state index in [2.05, 4.69) is 5.32 Å². The molecule has 0 aliphatic rings. The lowest BCUT2D eigenvalue weighted by molar-refractivity contribution is 0.102. The van der Waals surface area contributed by atoms with Gasteiger partial charge in [-0.3, -0.25) is 4.79 Å². The molecule has 1 amide bonds. The van der Waals surface area contributed by atoms with E-state index in [0.717, 1.165) is 5.56 Å². The maximum Gasteiger partial charge on any atom is 0.255 e. The molecule has 0 saturated carbocycles. The highest BCUT2D eigenvalue weighted by Gasteiger charge is 2.10. The van der Waals surface area contributed by atoms with Crippen molar-refractivity contribution in [1.82, 2.24) is 0 Å². The molecule has 0 spiro atoms. The van der Waals surface area contributed by atoms with Crippen LogP contribution in [0.4, 0.5) is 5.69 Å². The molecule has 2 aromatic rings. The molecular weight excluding hydrogens is 288 g/mol. The highest BCUT2D eigenvalue weighted by atomic mass is 35.5. The topological polar surface area (TPSA) is 62.1 Å². The zero-order valence-corrected chi connectivity index (χ0v) is 12.1. The van der Waals surface area contributed by atoms with Gasteiger partial charge in [-0.2, -0.15) is 5.26 Å². The van der Waals surface area contributed by atoms with Crippen LogP contribution in [0.1, 0.15) is 15.9 Å². The zero-order chi connectivity index (χ0) is 15.2. The van der Waals surface area contributed by atoms with Crippen molar-refractivity contribution in [2.24, 2.45) is 0 Å². The van der Waals surface area contributed by atoms with Crippen LogP contribution in [0.5, 0.6) is 5.75 Å². The first-order valence-corrected chi connectivity index (χ1v) is 6.66. The summed E-state index contributed by atoms with van der Waals surface area (Å²) in [6, 6.07) is 13.9. The quantitative estimate of drug-likeness (QED) is 0.934. The molecule has 2 aromatic carbocycles. The molecule has 0 aromatic heterocycles. The lowest BCUT2D eigenvalue weighted by atomic mass is 10.1. The summed E-state index contributed by atoms with van der Waals surface area (Å²) in [5, 5.41) is 11.9. The van der Waals surface area contributed by atoms with E-state index in [1.165, 1.54) is 0 Å². The molecule has 106 valence electrons. The Morgan fingerprint density at radius 3 is 2.81 bits per heavy atom. The molecule has 0 saturated heterocycles. The van der Waals surface area contributed by atoms with Gasteiger partial charge in [-0.1, -0.05) is 23.7 Å². The Morgan fingerprint density at radius 2 is 2.10 bits per heavy atom. The third-order valence-corrected chi connectivity index (χ3v) is 3.27. The number of anilines is 1. The number of nitriles is 1. The van der Waals surface area contributed by atoms with Gasteiger partial charge in [0.15, 0.2) is 6.61 Å². The van der Waals surface area contributed by atoms with E-state index in [1.807, 2.05) is 13.0 Å². The van der Waals surface area contributed by atoms with Crippen molar-refractivity contribution in [2.75, 3.05) is 11.9 Å². The number of halogens is 1. The van der Waals surface area contributed by atoms with Gasteiger partial charge in [0.1, 0.15) is 11.8 Å². The van der Waals surface area contributed by atoms with E-state index >= 15 is 0 Å². The van der Waals surface area contributed by atoms with Gasteiger partial charge < -0.3 is 10.1 Å². The lowest BCUT2D eigenvalue weighted by Crippen LogP contribution is -2.13. The molecule has 0 radical (unpaired) electrons. The third-order valence-electron chi connectivity index (χ3n) is 2.85. The molecule has 0 heterocycles. The average Bonchev–Trinajstić information content (AvgIpc) is 2.49. The summed E-state index contributed by atoms with van der Waals surface area (Å²) in [6.45, 7) is 1.76. The minimum Gasteiger partial charge on any atom is -0.477 e. The molecule has 0 unspecified atom stereocenters. The number of nitrogens with one attached hydrogen (secondary N) is 1. The smallest absolute Gasteiger partial charge is 0.255 e. The number of aryl methyl sites for hydroxylation is 1. The molecule has 5 heteroatoms. The second-order valence-corrected chi connectivity index (χ2v) is 4.77. The van der Waals surface area contributed by atoms with Gasteiger partial charge in [-0.25, -0.2) is 0 Å². The minimum absolute atomic E-state index is 0.0765. The minimum atomic E-state index is -0.261. The number of para-hydroxylation sites is 2. The number of hydrogen-bond donors (Lipinski definition) is 1. The molecule has 0 aliphatic heterocycles. The number of ether oxygens (including phenoxy) is 1. The van der Waals surface area contributed by atoms with Crippen LogP contribution >= 0.6 is 11.6 Å². The third kappa shape index (κ3) is 3.74. The number of amides is 1. The lowest BCUT2D eigenvalue weighted by Gasteiger charge is -2.11. The molecule has 1 N–H and O–H groups in total. The van der Waals surface area contributed by atoms with Gasteiger partial charge in [-0.05, 0) is 42.8 Å². The number of nitrogens with zero attached hydrogens (tertiary/aromatic N) is 1. The second kappa shape index (κ2) is 6.78. The fourth-order valence-corrected chi connectivity index (χ4v) is 1.90. The van der Waals surface area contributed by atoms with E-state index < -0.39 is 0 Å². The van der Waals surface area contributed by atoms with Crippen molar-refractivity contribution in [3.63, 3.8) is 0 Å². The van der Waals surface area contributed by atoms with Crippen LogP contribution in [0.2, 0.25) is 5.02 Å². The first kappa shape index (κ1) is 14.9. The predicted octanol–water partition coefficient (Wildman–Crippen LogP) is 3.80. The number of hydrogen-bond acceptors (Lipinski definition) is 3. The van der Waals surface area contributed by atoms with Gasteiger partial charge in [0.05, 0.1) is 5.69 Å². The Kier molecular flexibility index (Phi) is 4.81. The van der Waals surface area contributed by atoms with Crippen molar-refractivity contribution < 1.29 is 9.53 Å². The van der Waals surface area contributed by atoms with Gasteiger partial charge in [0.25, 0.3) is 5.91 Å². The van der Waals surface area contributed by atoms with E-state index in [4.69, 9.17) is 21.6 Å². The predicted molar refractivity (Wildman–Crippen MR) is 81.7 cm³/mol. The molecule has 0 aliphatic carbocycles. The van der Waals surface area contributed by atoms with Crippen molar-refractivity contribution in [3.05, 3.63) is 58.6 Å². The summed E-state index contributed by atoms with van der Waals surface area (Å²) >= 11 is 5.95. The summed E-state index contributed by atoms with van der Waals surface area (Å²) in [4.78, 5) is 12.2. The van der Waals surface area contributed by atoms with Gasteiger partial charge in [0, 0.05) is 10.6 Å². The van der Waals surface area contributed by atoms with Crippen LogP contribution in [-0.2, 0) is 0 Å². The van der Waals surface area contributed by atoms with Crippen LogP contribution in [0.15, 0.2) is 42.5 Å². The van der Waals surface area contributed by atoms with Crippen LogP contribution in [0.25, 0.3) is 0 Å². The summed E-state index contributed by atoms with van der Waals surface area (Å²) < 4.78 is 5.27. The summed E-state index contributed by atoms with van der Waals surface area (Å²) in [5.41, 5.74) is 1.86. The highest BCUT2D eigenvalue weighted by molar-refractivity contribution is 6.31. The van der Waals surface area contributed by atoms with E-state index in [9.17, 15) is 4.79 Å².